The number of carbonyl (C=O) groups excluding carboxylic acids is 1. The molecule has 1 amide bonds. The summed E-state index contributed by atoms with van der Waals surface area (Å²) in [7, 11) is 0. The summed E-state index contributed by atoms with van der Waals surface area (Å²) < 4.78 is 5.22. The number of rotatable bonds is 5. The Morgan fingerprint density at radius 3 is 2.91 bits per heavy atom. The van der Waals surface area contributed by atoms with Crippen molar-refractivity contribution in [1.29, 1.82) is 0 Å². The van der Waals surface area contributed by atoms with Crippen LogP contribution in [0.1, 0.15) is 56.8 Å². The fourth-order valence-corrected chi connectivity index (χ4v) is 3.06. The number of carbonyl (C=O) groups is 1. The van der Waals surface area contributed by atoms with Crippen LogP contribution in [0.15, 0.2) is 28.8 Å². The predicted octanol–water partition coefficient (Wildman–Crippen LogP) is 3.49. The Labute approximate surface area is 136 Å². The van der Waals surface area contributed by atoms with Gasteiger partial charge in [0, 0.05) is 30.5 Å². The topological polar surface area (TPSA) is 59.2 Å². The van der Waals surface area contributed by atoms with Crippen molar-refractivity contribution in [3.63, 3.8) is 0 Å². The standard InChI is InChI=1S/C18H23N3O2/c1-12(2)18-19-16(23-20-18)9-6-10-17(22)21-13(3)11-14-7-4-5-8-15(14)21/h4-5,7-8,12-13H,6,9-11H2,1-3H3/t13-/m0/s1. The van der Waals surface area contributed by atoms with E-state index in [1.807, 2.05) is 36.9 Å². The molecule has 0 fully saturated rings. The average molecular weight is 313 g/mol. The molecule has 0 saturated heterocycles. The minimum atomic E-state index is 0.172. The second-order valence-corrected chi connectivity index (χ2v) is 6.50. The Balaban J connectivity index is 1.57. The molecule has 1 aromatic carbocycles. The molecule has 0 bridgehead atoms. The van der Waals surface area contributed by atoms with Gasteiger partial charge in [-0.15, -0.1) is 0 Å². The van der Waals surface area contributed by atoms with E-state index in [1.165, 1.54) is 5.56 Å². The molecule has 0 N–H and O–H groups in total. The minimum absolute atomic E-state index is 0.172. The number of amides is 1. The molecule has 2 aromatic rings. The summed E-state index contributed by atoms with van der Waals surface area (Å²) in [5, 5.41) is 3.95. The van der Waals surface area contributed by atoms with Crippen LogP contribution < -0.4 is 4.90 Å². The highest BCUT2D eigenvalue weighted by molar-refractivity contribution is 5.96. The lowest BCUT2D eigenvalue weighted by atomic mass is 10.1. The lowest BCUT2D eigenvalue weighted by Crippen LogP contribution is -2.35. The van der Waals surface area contributed by atoms with Crippen molar-refractivity contribution in [1.82, 2.24) is 10.1 Å². The van der Waals surface area contributed by atoms with Gasteiger partial charge in [0.15, 0.2) is 5.82 Å². The molecule has 23 heavy (non-hydrogen) atoms. The molecule has 1 atom stereocenters. The molecule has 0 saturated carbocycles. The number of nitrogens with zero attached hydrogens (tertiary/aromatic N) is 3. The molecule has 0 radical (unpaired) electrons. The van der Waals surface area contributed by atoms with E-state index in [4.69, 9.17) is 4.52 Å². The first-order valence-corrected chi connectivity index (χ1v) is 8.28. The van der Waals surface area contributed by atoms with Crippen molar-refractivity contribution in [2.45, 2.75) is 58.4 Å². The molecule has 1 aromatic heterocycles. The first-order valence-electron chi connectivity index (χ1n) is 8.28. The monoisotopic (exact) mass is 313 g/mol. The maximum atomic E-state index is 12.6. The third-order valence-corrected chi connectivity index (χ3v) is 4.26. The summed E-state index contributed by atoms with van der Waals surface area (Å²) >= 11 is 0. The van der Waals surface area contributed by atoms with Crippen LogP contribution in [-0.4, -0.2) is 22.1 Å². The molecule has 5 heteroatoms. The molecular formula is C18H23N3O2. The van der Waals surface area contributed by atoms with Gasteiger partial charge in [0.05, 0.1) is 0 Å². The van der Waals surface area contributed by atoms with Gasteiger partial charge in [-0.3, -0.25) is 4.79 Å². The number of hydrogen-bond acceptors (Lipinski definition) is 4. The van der Waals surface area contributed by atoms with Gasteiger partial charge in [-0.25, -0.2) is 0 Å². The van der Waals surface area contributed by atoms with Crippen LogP contribution >= 0.6 is 0 Å². The molecule has 1 aliphatic rings. The molecule has 122 valence electrons. The van der Waals surface area contributed by atoms with Gasteiger partial charge in [-0.2, -0.15) is 4.98 Å². The van der Waals surface area contributed by atoms with Gasteiger partial charge in [0.2, 0.25) is 11.8 Å². The van der Waals surface area contributed by atoms with E-state index < -0.39 is 0 Å². The van der Waals surface area contributed by atoms with Crippen LogP contribution in [0.4, 0.5) is 5.69 Å². The number of benzene rings is 1. The van der Waals surface area contributed by atoms with Crippen LogP contribution in [0.3, 0.4) is 0 Å². The van der Waals surface area contributed by atoms with E-state index in [9.17, 15) is 4.79 Å². The molecule has 0 unspecified atom stereocenters. The minimum Gasteiger partial charge on any atom is -0.339 e. The highest BCUT2D eigenvalue weighted by atomic mass is 16.5. The normalized spacial score (nSPS) is 16.9. The van der Waals surface area contributed by atoms with Crippen LogP contribution in [0.5, 0.6) is 0 Å². The lowest BCUT2D eigenvalue weighted by Gasteiger charge is -2.22. The van der Waals surface area contributed by atoms with Gasteiger partial charge >= 0.3 is 0 Å². The zero-order valence-corrected chi connectivity index (χ0v) is 14.0. The number of anilines is 1. The van der Waals surface area contributed by atoms with Crippen molar-refractivity contribution in [3.05, 3.63) is 41.5 Å². The summed E-state index contributed by atoms with van der Waals surface area (Å²) in [6.07, 6.45) is 2.81. The Kier molecular flexibility index (Phi) is 4.46. The molecule has 0 spiro atoms. The van der Waals surface area contributed by atoms with Crippen LogP contribution in [-0.2, 0) is 17.6 Å². The zero-order valence-electron chi connectivity index (χ0n) is 14.0. The maximum absolute atomic E-state index is 12.6. The summed E-state index contributed by atoms with van der Waals surface area (Å²) in [4.78, 5) is 18.9. The first kappa shape index (κ1) is 15.7. The third kappa shape index (κ3) is 3.28. The summed E-state index contributed by atoms with van der Waals surface area (Å²) in [5.74, 6) is 1.78. The van der Waals surface area contributed by atoms with E-state index in [2.05, 4.69) is 23.1 Å². The molecular weight excluding hydrogens is 290 g/mol. The van der Waals surface area contributed by atoms with Gasteiger partial charge < -0.3 is 9.42 Å². The SMILES string of the molecule is CC(C)c1noc(CCCC(=O)N2c3ccccc3C[C@@H]2C)n1. The quantitative estimate of drug-likeness (QED) is 0.847. The number of aromatic nitrogens is 2. The number of para-hydroxylation sites is 1. The Morgan fingerprint density at radius 2 is 2.17 bits per heavy atom. The zero-order chi connectivity index (χ0) is 16.4. The second-order valence-electron chi connectivity index (χ2n) is 6.50. The smallest absolute Gasteiger partial charge is 0.227 e. The van der Waals surface area contributed by atoms with E-state index in [0.29, 0.717) is 18.7 Å². The van der Waals surface area contributed by atoms with Gasteiger partial charge in [0.25, 0.3) is 0 Å². The summed E-state index contributed by atoms with van der Waals surface area (Å²) in [6.45, 7) is 6.17. The number of fused-ring (bicyclic) bond motifs is 1. The molecule has 5 nitrogen and oxygen atoms in total. The highest BCUT2D eigenvalue weighted by Gasteiger charge is 2.29. The second kappa shape index (κ2) is 6.52. The first-order chi connectivity index (χ1) is 11.1. The van der Waals surface area contributed by atoms with Crippen molar-refractivity contribution >= 4 is 11.6 Å². The van der Waals surface area contributed by atoms with E-state index in [1.54, 1.807) is 0 Å². The van der Waals surface area contributed by atoms with Gasteiger partial charge in [0.1, 0.15) is 0 Å². The molecule has 0 aliphatic carbocycles. The lowest BCUT2D eigenvalue weighted by molar-refractivity contribution is -0.119. The van der Waals surface area contributed by atoms with Crippen LogP contribution in [0.2, 0.25) is 0 Å². The fourth-order valence-electron chi connectivity index (χ4n) is 3.06. The Bertz CT molecular complexity index is 693. The van der Waals surface area contributed by atoms with Crippen molar-refractivity contribution in [2.75, 3.05) is 4.90 Å². The molecule has 1 aliphatic heterocycles. The predicted molar refractivity (Wildman–Crippen MR) is 88.4 cm³/mol. The highest BCUT2D eigenvalue weighted by Crippen LogP contribution is 2.32. The number of aryl methyl sites for hydroxylation is 1. The largest absolute Gasteiger partial charge is 0.339 e. The van der Waals surface area contributed by atoms with E-state index in [-0.39, 0.29) is 17.9 Å². The fraction of sp³-hybridized carbons (Fsp3) is 0.500. The van der Waals surface area contributed by atoms with Crippen molar-refractivity contribution < 1.29 is 9.32 Å². The third-order valence-electron chi connectivity index (χ3n) is 4.26. The number of hydrogen-bond donors (Lipinski definition) is 0. The Hall–Kier alpha value is -2.17. The van der Waals surface area contributed by atoms with E-state index >= 15 is 0 Å². The maximum Gasteiger partial charge on any atom is 0.227 e. The van der Waals surface area contributed by atoms with Crippen LogP contribution in [0.25, 0.3) is 0 Å². The van der Waals surface area contributed by atoms with E-state index in [0.717, 1.165) is 24.4 Å². The van der Waals surface area contributed by atoms with Crippen molar-refractivity contribution in [3.8, 4) is 0 Å². The van der Waals surface area contributed by atoms with Crippen molar-refractivity contribution in [2.24, 2.45) is 0 Å². The summed E-state index contributed by atoms with van der Waals surface area (Å²) in [5.41, 5.74) is 2.32. The average Bonchev–Trinajstić information content (AvgIpc) is 3.10. The Morgan fingerprint density at radius 1 is 1.39 bits per heavy atom. The molecule has 2 heterocycles. The van der Waals surface area contributed by atoms with Gasteiger partial charge in [-0.1, -0.05) is 37.2 Å². The molecule has 3 rings (SSSR count). The van der Waals surface area contributed by atoms with Gasteiger partial charge in [-0.05, 0) is 31.4 Å². The van der Waals surface area contributed by atoms with Crippen LogP contribution in [0, 0.1) is 0 Å². The summed E-state index contributed by atoms with van der Waals surface area (Å²) in [6, 6.07) is 8.38.